The fourth-order valence-electron chi connectivity index (χ4n) is 4.16. The predicted molar refractivity (Wildman–Crippen MR) is 88.2 cm³/mol. The lowest BCUT2D eigenvalue weighted by Gasteiger charge is -2.44. The Labute approximate surface area is 126 Å². The van der Waals surface area contributed by atoms with E-state index < -0.39 is 0 Å². The molecule has 1 saturated carbocycles. The predicted octanol–water partition coefficient (Wildman–Crippen LogP) is 4.20. The van der Waals surface area contributed by atoms with Gasteiger partial charge in [0.15, 0.2) is 0 Å². The van der Waals surface area contributed by atoms with Crippen molar-refractivity contribution in [2.45, 2.75) is 90.1 Å². The van der Waals surface area contributed by atoms with Crippen molar-refractivity contribution >= 4 is 0 Å². The van der Waals surface area contributed by atoms with Gasteiger partial charge in [0.05, 0.1) is 0 Å². The average Bonchev–Trinajstić information content (AvgIpc) is 2.48. The highest BCUT2D eigenvalue weighted by molar-refractivity contribution is 4.89. The van der Waals surface area contributed by atoms with Gasteiger partial charge in [0.1, 0.15) is 0 Å². The number of hydrogen-bond donors (Lipinski definition) is 1. The van der Waals surface area contributed by atoms with Crippen molar-refractivity contribution in [3.8, 4) is 0 Å². The standard InChI is InChI=1S/C18H36N2/c1-3-4-5-6-10-13-20-15-16(2)19-14-18(20)17-11-8-7-9-12-17/h16-19H,3-15H2,1-2H3. The van der Waals surface area contributed by atoms with Gasteiger partial charge in [0, 0.05) is 25.2 Å². The Morgan fingerprint density at radius 3 is 2.50 bits per heavy atom. The summed E-state index contributed by atoms with van der Waals surface area (Å²) in [6.07, 6.45) is 14.4. The molecule has 0 bridgehead atoms. The molecule has 0 aromatic rings. The highest BCUT2D eigenvalue weighted by atomic mass is 15.2. The minimum Gasteiger partial charge on any atom is -0.311 e. The van der Waals surface area contributed by atoms with Crippen LogP contribution in [0.25, 0.3) is 0 Å². The molecule has 1 saturated heterocycles. The van der Waals surface area contributed by atoms with Crippen molar-refractivity contribution in [1.82, 2.24) is 10.2 Å². The van der Waals surface area contributed by atoms with Gasteiger partial charge in [-0.05, 0) is 38.6 Å². The molecule has 1 aliphatic carbocycles. The zero-order valence-corrected chi connectivity index (χ0v) is 13.9. The molecule has 0 radical (unpaired) electrons. The van der Waals surface area contributed by atoms with E-state index in [9.17, 15) is 0 Å². The van der Waals surface area contributed by atoms with Crippen LogP contribution in [0, 0.1) is 5.92 Å². The summed E-state index contributed by atoms with van der Waals surface area (Å²) in [5.41, 5.74) is 0. The number of rotatable bonds is 7. The summed E-state index contributed by atoms with van der Waals surface area (Å²) >= 11 is 0. The lowest BCUT2D eigenvalue weighted by atomic mass is 9.82. The van der Waals surface area contributed by atoms with Crippen LogP contribution < -0.4 is 5.32 Å². The van der Waals surface area contributed by atoms with Gasteiger partial charge in [-0.3, -0.25) is 4.90 Å². The van der Waals surface area contributed by atoms with E-state index in [4.69, 9.17) is 0 Å². The zero-order chi connectivity index (χ0) is 14.2. The number of nitrogens with zero attached hydrogens (tertiary/aromatic N) is 1. The van der Waals surface area contributed by atoms with Gasteiger partial charge in [0.25, 0.3) is 0 Å². The van der Waals surface area contributed by atoms with Crippen molar-refractivity contribution in [3.05, 3.63) is 0 Å². The number of nitrogens with one attached hydrogen (secondary N) is 1. The molecule has 0 amide bonds. The van der Waals surface area contributed by atoms with Crippen LogP contribution in [0.4, 0.5) is 0 Å². The summed E-state index contributed by atoms with van der Waals surface area (Å²) in [6.45, 7) is 8.50. The molecule has 2 rings (SSSR count). The van der Waals surface area contributed by atoms with Gasteiger partial charge >= 0.3 is 0 Å². The van der Waals surface area contributed by atoms with Crippen molar-refractivity contribution in [2.24, 2.45) is 5.92 Å². The molecule has 1 aliphatic heterocycles. The first-order valence-corrected chi connectivity index (χ1v) is 9.28. The molecule has 1 heterocycles. The Morgan fingerprint density at radius 1 is 1.00 bits per heavy atom. The first-order chi connectivity index (χ1) is 9.81. The van der Waals surface area contributed by atoms with Crippen LogP contribution in [0.1, 0.15) is 78.1 Å². The maximum Gasteiger partial charge on any atom is 0.0249 e. The largest absolute Gasteiger partial charge is 0.311 e. The second-order valence-electron chi connectivity index (χ2n) is 7.18. The minimum absolute atomic E-state index is 0.686. The Balaban J connectivity index is 1.77. The molecular formula is C18H36N2. The van der Waals surface area contributed by atoms with Gasteiger partial charge in [0.2, 0.25) is 0 Å². The quantitative estimate of drug-likeness (QED) is 0.703. The molecule has 0 aromatic heterocycles. The fourth-order valence-corrected chi connectivity index (χ4v) is 4.16. The SMILES string of the molecule is CCCCCCCN1CC(C)NCC1C1CCCCC1. The van der Waals surface area contributed by atoms with E-state index >= 15 is 0 Å². The maximum absolute atomic E-state index is 3.73. The van der Waals surface area contributed by atoms with Gasteiger partial charge in [-0.15, -0.1) is 0 Å². The van der Waals surface area contributed by atoms with E-state index in [0.717, 1.165) is 12.0 Å². The summed E-state index contributed by atoms with van der Waals surface area (Å²) in [4.78, 5) is 2.84. The molecular weight excluding hydrogens is 244 g/mol. The first-order valence-electron chi connectivity index (χ1n) is 9.28. The highest BCUT2D eigenvalue weighted by Gasteiger charge is 2.32. The van der Waals surface area contributed by atoms with Crippen LogP contribution in [-0.2, 0) is 0 Å². The Kier molecular flexibility index (Phi) is 7.37. The van der Waals surface area contributed by atoms with Crippen LogP contribution in [0.2, 0.25) is 0 Å². The van der Waals surface area contributed by atoms with Gasteiger partial charge < -0.3 is 5.32 Å². The van der Waals surface area contributed by atoms with E-state index in [1.807, 2.05) is 0 Å². The van der Waals surface area contributed by atoms with Gasteiger partial charge in [-0.2, -0.15) is 0 Å². The molecule has 1 N–H and O–H groups in total. The normalized spacial score (nSPS) is 29.7. The summed E-state index contributed by atoms with van der Waals surface area (Å²) in [5.74, 6) is 0.972. The molecule has 0 aromatic carbocycles. The van der Waals surface area contributed by atoms with Crippen molar-refractivity contribution < 1.29 is 0 Å². The molecule has 2 atom stereocenters. The smallest absolute Gasteiger partial charge is 0.0249 e. The fraction of sp³-hybridized carbons (Fsp3) is 1.00. The van der Waals surface area contributed by atoms with Crippen LogP contribution >= 0.6 is 0 Å². The first kappa shape index (κ1) is 16.3. The zero-order valence-electron chi connectivity index (χ0n) is 13.9. The molecule has 2 nitrogen and oxygen atoms in total. The number of piperazine rings is 1. The second-order valence-corrected chi connectivity index (χ2v) is 7.18. The molecule has 2 aliphatic rings. The molecule has 118 valence electrons. The lowest BCUT2D eigenvalue weighted by molar-refractivity contribution is 0.0737. The topological polar surface area (TPSA) is 15.3 Å². The van der Waals surface area contributed by atoms with Crippen LogP contribution in [-0.4, -0.2) is 36.6 Å². The number of unbranched alkanes of at least 4 members (excludes halogenated alkanes) is 4. The second kappa shape index (κ2) is 9.04. The molecule has 2 fully saturated rings. The summed E-state index contributed by atoms with van der Waals surface area (Å²) in [6, 6.07) is 1.52. The third-order valence-corrected chi connectivity index (χ3v) is 5.40. The number of hydrogen-bond acceptors (Lipinski definition) is 2. The summed E-state index contributed by atoms with van der Waals surface area (Å²) in [7, 11) is 0. The highest BCUT2D eigenvalue weighted by Crippen LogP contribution is 2.30. The summed E-state index contributed by atoms with van der Waals surface area (Å²) < 4.78 is 0. The monoisotopic (exact) mass is 280 g/mol. The molecule has 0 spiro atoms. The average molecular weight is 281 g/mol. The van der Waals surface area contributed by atoms with E-state index in [1.54, 1.807) is 0 Å². The van der Waals surface area contributed by atoms with E-state index in [1.165, 1.54) is 83.8 Å². The Morgan fingerprint density at radius 2 is 1.75 bits per heavy atom. The molecule has 2 unspecified atom stereocenters. The van der Waals surface area contributed by atoms with Gasteiger partial charge in [-0.25, -0.2) is 0 Å². The maximum atomic E-state index is 3.73. The summed E-state index contributed by atoms with van der Waals surface area (Å²) in [5, 5.41) is 3.73. The van der Waals surface area contributed by atoms with Crippen molar-refractivity contribution in [3.63, 3.8) is 0 Å². The van der Waals surface area contributed by atoms with Crippen LogP contribution in [0.15, 0.2) is 0 Å². The van der Waals surface area contributed by atoms with E-state index in [0.29, 0.717) is 6.04 Å². The van der Waals surface area contributed by atoms with Crippen molar-refractivity contribution in [2.75, 3.05) is 19.6 Å². The lowest BCUT2D eigenvalue weighted by Crippen LogP contribution is -2.58. The molecule has 20 heavy (non-hydrogen) atoms. The van der Waals surface area contributed by atoms with Crippen LogP contribution in [0.3, 0.4) is 0 Å². The van der Waals surface area contributed by atoms with E-state index in [-0.39, 0.29) is 0 Å². The van der Waals surface area contributed by atoms with Crippen molar-refractivity contribution in [1.29, 1.82) is 0 Å². The van der Waals surface area contributed by atoms with Crippen LogP contribution in [0.5, 0.6) is 0 Å². The Hall–Kier alpha value is -0.0800. The third kappa shape index (κ3) is 5.04. The molecule has 2 heteroatoms. The third-order valence-electron chi connectivity index (χ3n) is 5.40. The Bertz CT molecular complexity index is 248. The van der Waals surface area contributed by atoms with E-state index in [2.05, 4.69) is 24.1 Å². The minimum atomic E-state index is 0.686. The van der Waals surface area contributed by atoms with Gasteiger partial charge in [-0.1, -0.05) is 51.9 Å².